The molecule has 2 bridgehead atoms. The third-order valence-corrected chi connectivity index (χ3v) is 8.63. The van der Waals surface area contributed by atoms with Gasteiger partial charge in [-0.05, 0) is 30.9 Å². The Labute approximate surface area is 190 Å². The lowest BCUT2D eigenvalue weighted by atomic mass is 9.66. The second kappa shape index (κ2) is 7.45. The van der Waals surface area contributed by atoms with Crippen LogP contribution in [-0.4, -0.2) is 53.5 Å². The van der Waals surface area contributed by atoms with Crippen LogP contribution in [0.4, 0.5) is 0 Å². The maximum Gasteiger partial charge on any atom is 0.313 e. The first kappa shape index (κ1) is 21.2. The molecular weight excluding hydrogens is 400 g/mol. The highest BCUT2D eigenvalue weighted by Crippen LogP contribution is 2.66. The number of ether oxygens (including phenoxy) is 1. The van der Waals surface area contributed by atoms with Crippen LogP contribution in [0.15, 0.2) is 60.7 Å². The van der Waals surface area contributed by atoms with Crippen molar-refractivity contribution in [1.29, 1.82) is 0 Å². The molecule has 2 heterocycles. The van der Waals surface area contributed by atoms with Crippen molar-refractivity contribution in [2.45, 2.75) is 45.3 Å². The fourth-order valence-corrected chi connectivity index (χ4v) is 6.04. The summed E-state index contributed by atoms with van der Waals surface area (Å²) in [4.78, 5) is 30.7. The summed E-state index contributed by atoms with van der Waals surface area (Å²) in [6, 6.07) is 21.3. The minimum absolute atomic E-state index is 0.00676. The van der Waals surface area contributed by atoms with E-state index in [-0.39, 0.29) is 17.9 Å². The molecule has 2 aromatic rings. The molecule has 2 aromatic carbocycles. The number of esters is 1. The van der Waals surface area contributed by atoms with Crippen molar-refractivity contribution in [1.82, 2.24) is 9.80 Å². The van der Waals surface area contributed by atoms with Gasteiger partial charge in [0.05, 0.1) is 11.5 Å². The van der Waals surface area contributed by atoms with E-state index in [1.54, 1.807) is 0 Å². The number of nitrogens with zero attached hydrogens (tertiary/aromatic N) is 2. The number of hydrogen-bond acceptors (Lipinski definition) is 4. The van der Waals surface area contributed by atoms with Gasteiger partial charge in [-0.15, -0.1) is 0 Å². The Morgan fingerprint density at radius 2 is 1.38 bits per heavy atom. The van der Waals surface area contributed by atoms with Crippen LogP contribution in [0.2, 0.25) is 0 Å². The topological polar surface area (TPSA) is 49.9 Å². The number of carbonyl (C=O) groups is 2. The molecule has 0 radical (unpaired) electrons. The smallest absolute Gasteiger partial charge is 0.313 e. The van der Waals surface area contributed by atoms with Gasteiger partial charge in [-0.3, -0.25) is 14.5 Å². The van der Waals surface area contributed by atoms with Crippen molar-refractivity contribution in [3.63, 3.8) is 0 Å². The van der Waals surface area contributed by atoms with Gasteiger partial charge in [0.2, 0.25) is 0 Å². The van der Waals surface area contributed by atoms with Crippen LogP contribution in [0.3, 0.4) is 0 Å². The molecule has 5 rings (SSSR count). The Hall–Kier alpha value is -2.66. The Morgan fingerprint density at radius 1 is 0.844 bits per heavy atom. The van der Waals surface area contributed by atoms with Crippen LogP contribution in [-0.2, 0) is 14.3 Å². The standard InChI is InChI=1S/C27H32N2O3/c1-25(2)26(3)14-15-27(25,32-24(26)31)23(30)29-18-16-28(17-19-29)22(20-10-6-4-7-11-20)21-12-8-5-9-13-21/h4-13,22H,14-19H2,1-3H3/t26-,27+/m1/s1. The van der Waals surface area contributed by atoms with E-state index in [0.717, 1.165) is 13.1 Å². The van der Waals surface area contributed by atoms with Crippen molar-refractivity contribution < 1.29 is 14.3 Å². The average molecular weight is 433 g/mol. The molecule has 2 saturated heterocycles. The molecule has 2 atom stereocenters. The number of carbonyl (C=O) groups excluding carboxylic acids is 2. The molecule has 0 N–H and O–H groups in total. The summed E-state index contributed by atoms with van der Waals surface area (Å²) in [5, 5.41) is 0. The lowest BCUT2D eigenvalue weighted by Gasteiger charge is -2.44. The van der Waals surface area contributed by atoms with Gasteiger partial charge in [0.25, 0.3) is 5.91 Å². The van der Waals surface area contributed by atoms with Crippen LogP contribution in [0.1, 0.15) is 50.8 Å². The maximum atomic E-state index is 13.7. The van der Waals surface area contributed by atoms with Crippen LogP contribution in [0.25, 0.3) is 0 Å². The predicted molar refractivity (Wildman–Crippen MR) is 123 cm³/mol. The van der Waals surface area contributed by atoms with E-state index >= 15 is 0 Å². The van der Waals surface area contributed by atoms with E-state index in [2.05, 4.69) is 53.4 Å². The highest BCUT2D eigenvalue weighted by atomic mass is 16.6. The lowest BCUT2D eigenvalue weighted by Crippen LogP contribution is -2.59. The molecule has 3 fully saturated rings. The van der Waals surface area contributed by atoms with Gasteiger partial charge in [-0.1, -0.05) is 74.5 Å². The third-order valence-electron chi connectivity index (χ3n) is 8.63. The van der Waals surface area contributed by atoms with E-state index in [4.69, 9.17) is 4.74 Å². The van der Waals surface area contributed by atoms with Gasteiger partial charge in [0.1, 0.15) is 0 Å². The van der Waals surface area contributed by atoms with Crippen LogP contribution < -0.4 is 0 Å². The SMILES string of the molecule is CC1(C)[C@@]2(C(=O)N3CCN(C(c4ccccc4)c4ccccc4)CC3)CC[C@]1(C)C(=O)O2. The molecule has 2 aliphatic heterocycles. The largest absolute Gasteiger partial charge is 0.448 e. The van der Waals surface area contributed by atoms with Crippen molar-refractivity contribution in [3.05, 3.63) is 71.8 Å². The summed E-state index contributed by atoms with van der Waals surface area (Å²) >= 11 is 0. The Kier molecular flexibility index (Phi) is 4.93. The normalized spacial score (nSPS) is 29.4. The Bertz CT molecular complexity index is 974. The van der Waals surface area contributed by atoms with Gasteiger partial charge in [0.15, 0.2) is 5.60 Å². The minimum Gasteiger partial charge on any atom is -0.448 e. The van der Waals surface area contributed by atoms with Crippen molar-refractivity contribution in [2.24, 2.45) is 10.8 Å². The van der Waals surface area contributed by atoms with E-state index in [1.165, 1.54) is 11.1 Å². The number of amides is 1. The number of piperazine rings is 1. The summed E-state index contributed by atoms with van der Waals surface area (Å²) < 4.78 is 5.85. The third kappa shape index (κ3) is 2.87. The molecule has 1 amide bonds. The highest BCUT2D eigenvalue weighted by Gasteiger charge is 2.76. The fourth-order valence-electron chi connectivity index (χ4n) is 6.04. The van der Waals surface area contributed by atoms with Crippen LogP contribution in [0.5, 0.6) is 0 Å². The molecule has 1 aliphatic carbocycles. The fraction of sp³-hybridized carbons (Fsp3) is 0.481. The average Bonchev–Trinajstić information content (AvgIpc) is 3.11. The second-order valence-corrected chi connectivity index (χ2v) is 10.2. The van der Waals surface area contributed by atoms with E-state index < -0.39 is 16.4 Å². The van der Waals surface area contributed by atoms with Gasteiger partial charge in [0, 0.05) is 31.6 Å². The van der Waals surface area contributed by atoms with Gasteiger partial charge >= 0.3 is 5.97 Å². The summed E-state index contributed by atoms with van der Waals surface area (Å²) in [5.74, 6) is -0.221. The first-order valence-corrected chi connectivity index (χ1v) is 11.7. The van der Waals surface area contributed by atoms with E-state index in [1.807, 2.05) is 37.8 Å². The summed E-state index contributed by atoms with van der Waals surface area (Å²) in [6.45, 7) is 8.85. The zero-order valence-electron chi connectivity index (χ0n) is 19.2. The van der Waals surface area contributed by atoms with Gasteiger partial charge < -0.3 is 9.64 Å². The van der Waals surface area contributed by atoms with E-state index in [0.29, 0.717) is 25.9 Å². The predicted octanol–water partition coefficient (Wildman–Crippen LogP) is 4.04. The van der Waals surface area contributed by atoms with Gasteiger partial charge in [-0.25, -0.2) is 0 Å². The quantitative estimate of drug-likeness (QED) is 0.684. The summed E-state index contributed by atoms with van der Waals surface area (Å²) in [5.41, 5.74) is 0.432. The molecule has 32 heavy (non-hydrogen) atoms. The highest BCUT2D eigenvalue weighted by molar-refractivity contribution is 5.96. The molecule has 0 unspecified atom stereocenters. The van der Waals surface area contributed by atoms with Crippen molar-refractivity contribution in [3.8, 4) is 0 Å². The minimum atomic E-state index is -1.01. The molecule has 3 aliphatic rings. The second-order valence-electron chi connectivity index (χ2n) is 10.2. The molecule has 0 spiro atoms. The number of fused-ring (bicyclic) bond motifs is 2. The zero-order chi connectivity index (χ0) is 22.6. The van der Waals surface area contributed by atoms with Crippen molar-refractivity contribution in [2.75, 3.05) is 26.2 Å². The zero-order valence-corrected chi connectivity index (χ0v) is 19.2. The Morgan fingerprint density at radius 3 is 1.81 bits per heavy atom. The molecule has 168 valence electrons. The van der Waals surface area contributed by atoms with Gasteiger partial charge in [-0.2, -0.15) is 0 Å². The number of benzene rings is 2. The Balaban J connectivity index is 1.36. The van der Waals surface area contributed by atoms with Crippen molar-refractivity contribution >= 4 is 11.9 Å². The lowest BCUT2D eigenvalue weighted by molar-refractivity contribution is -0.175. The summed E-state index contributed by atoms with van der Waals surface area (Å²) in [7, 11) is 0. The molecule has 1 saturated carbocycles. The molecule has 0 aromatic heterocycles. The maximum absolute atomic E-state index is 13.7. The molecular formula is C27H32N2O3. The molecule has 5 heteroatoms. The van der Waals surface area contributed by atoms with Crippen LogP contribution in [0, 0.1) is 10.8 Å². The first-order chi connectivity index (χ1) is 15.3. The van der Waals surface area contributed by atoms with E-state index in [9.17, 15) is 9.59 Å². The number of rotatable bonds is 4. The first-order valence-electron chi connectivity index (χ1n) is 11.7. The molecule has 5 nitrogen and oxygen atoms in total. The van der Waals surface area contributed by atoms with Crippen LogP contribution >= 0.6 is 0 Å². The summed E-state index contributed by atoms with van der Waals surface area (Å²) in [6.07, 6.45) is 1.34. The number of hydrogen-bond donors (Lipinski definition) is 0. The monoisotopic (exact) mass is 432 g/mol.